The van der Waals surface area contributed by atoms with Crippen molar-refractivity contribution in [3.05, 3.63) is 35.4 Å². The van der Waals surface area contributed by atoms with Gasteiger partial charge in [0.25, 0.3) is 0 Å². The molecule has 0 aromatic heterocycles. The summed E-state index contributed by atoms with van der Waals surface area (Å²) >= 11 is 0. The van der Waals surface area contributed by atoms with Gasteiger partial charge in [-0.15, -0.1) is 0 Å². The van der Waals surface area contributed by atoms with Crippen LogP contribution in [0.1, 0.15) is 11.1 Å². The minimum absolute atomic E-state index is 0.376. The van der Waals surface area contributed by atoms with Crippen molar-refractivity contribution in [3.8, 4) is 0 Å². The first-order valence-corrected chi connectivity index (χ1v) is 8.11. The zero-order valence-corrected chi connectivity index (χ0v) is 9.67. The number of benzene rings is 1. The van der Waals surface area contributed by atoms with E-state index in [2.05, 4.69) is 44.3 Å². The Labute approximate surface area is 81.4 Å². The molecule has 0 bridgehead atoms. The van der Waals surface area contributed by atoms with Gasteiger partial charge in [-0.3, -0.25) is 0 Å². The summed E-state index contributed by atoms with van der Waals surface area (Å²) in [6, 6.07) is 9.64. The average Bonchev–Trinajstić information content (AvgIpc) is 2.03. The van der Waals surface area contributed by atoms with E-state index in [0.29, 0.717) is 6.23 Å². The van der Waals surface area contributed by atoms with E-state index >= 15 is 0 Å². The molecule has 0 atom stereocenters. The maximum atomic E-state index is 9.19. The molecule has 0 radical (unpaired) electrons. The van der Waals surface area contributed by atoms with E-state index in [9.17, 15) is 5.11 Å². The lowest BCUT2D eigenvalue weighted by Gasteiger charge is -2.18. The summed E-state index contributed by atoms with van der Waals surface area (Å²) < 4.78 is 0. The van der Waals surface area contributed by atoms with Crippen LogP contribution in [-0.2, 0) is 6.04 Å². The van der Waals surface area contributed by atoms with Crippen molar-refractivity contribution in [1.82, 2.24) is 0 Å². The van der Waals surface area contributed by atoms with Crippen molar-refractivity contribution in [2.45, 2.75) is 26.1 Å². The van der Waals surface area contributed by atoms with Gasteiger partial charge in [0.1, 0.15) is 0 Å². The summed E-state index contributed by atoms with van der Waals surface area (Å²) in [7, 11) is -1.39. The van der Waals surface area contributed by atoms with Crippen LogP contribution >= 0.6 is 0 Å². The predicted molar refractivity (Wildman–Crippen MR) is 59.5 cm³/mol. The topological polar surface area (TPSA) is 20.2 Å². The molecule has 1 N–H and O–H groups in total. The second-order valence-electron chi connectivity index (χ2n) is 4.49. The van der Waals surface area contributed by atoms with E-state index in [-0.39, 0.29) is 0 Å². The van der Waals surface area contributed by atoms with Crippen LogP contribution in [-0.4, -0.2) is 19.4 Å². The minimum atomic E-state index is -1.39. The van der Waals surface area contributed by atoms with Crippen molar-refractivity contribution < 1.29 is 5.11 Å². The third kappa shape index (κ3) is 3.33. The molecule has 0 spiro atoms. The van der Waals surface area contributed by atoms with Gasteiger partial charge in [-0.25, -0.2) is 0 Å². The highest BCUT2D eigenvalue weighted by Crippen LogP contribution is 2.12. The smallest absolute Gasteiger partial charge is 0.0815 e. The predicted octanol–water partition coefficient (Wildman–Crippen LogP) is 2.32. The first-order valence-electron chi connectivity index (χ1n) is 4.70. The monoisotopic (exact) mass is 194 g/mol. The third-order valence-corrected chi connectivity index (χ3v) is 4.41. The lowest BCUT2D eigenvalue weighted by atomic mass is 10.2. The molecule has 0 aliphatic heterocycles. The fourth-order valence-electron chi connectivity index (χ4n) is 1.43. The maximum absolute atomic E-state index is 9.19. The van der Waals surface area contributed by atoms with Crippen molar-refractivity contribution in [1.29, 1.82) is 0 Å². The Bertz CT molecular complexity index is 281. The van der Waals surface area contributed by atoms with E-state index in [1.165, 1.54) is 11.1 Å². The summed E-state index contributed by atoms with van der Waals surface area (Å²) in [4.78, 5) is 0. The van der Waals surface area contributed by atoms with Crippen LogP contribution in [0.15, 0.2) is 24.3 Å². The second kappa shape index (κ2) is 4.07. The molecule has 0 unspecified atom stereocenters. The van der Waals surface area contributed by atoms with Gasteiger partial charge in [0.2, 0.25) is 0 Å². The Morgan fingerprint density at radius 1 is 1.31 bits per heavy atom. The molecule has 0 saturated carbocycles. The third-order valence-electron chi connectivity index (χ3n) is 2.19. The van der Waals surface area contributed by atoms with Gasteiger partial charge < -0.3 is 5.11 Å². The number of aryl methyl sites for hydroxylation is 1. The highest BCUT2D eigenvalue weighted by atomic mass is 28.3. The first-order chi connectivity index (χ1) is 6.03. The quantitative estimate of drug-likeness (QED) is 0.732. The molecule has 72 valence electrons. The molecule has 1 rings (SSSR count). The fourth-order valence-corrected chi connectivity index (χ4v) is 2.87. The van der Waals surface area contributed by atoms with E-state index < -0.39 is 8.07 Å². The lowest BCUT2D eigenvalue weighted by molar-refractivity contribution is 0.357. The van der Waals surface area contributed by atoms with E-state index in [0.717, 1.165) is 6.04 Å². The molecule has 0 saturated heterocycles. The molecule has 1 aromatic carbocycles. The highest BCUT2D eigenvalue weighted by Gasteiger charge is 2.19. The molecule has 2 heteroatoms. The van der Waals surface area contributed by atoms with Crippen molar-refractivity contribution in [2.24, 2.45) is 0 Å². The summed E-state index contributed by atoms with van der Waals surface area (Å²) in [5.74, 6) is 0. The van der Waals surface area contributed by atoms with Gasteiger partial charge in [-0.05, 0) is 13.0 Å². The van der Waals surface area contributed by atoms with Crippen LogP contribution in [0.4, 0.5) is 0 Å². The summed E-state index contributed by atoms with van der Waals surface area (Å²) in [6.07, 6.45) is 0.376. The maximum Gasteiger partial charge on any atom is 0.0815 e. The number of rotatable bonds is 3. The Morgan fingerprint density at radius 2 is 2.00 bits per heavy atom. The Balaban J connectivity index is 2.74. The van der Waals surface area contributed by atoms with E-state index in [4.69, 9.17) is 0 Å². The normalized spacial score (nSPS) is 11.7. The highest BCUT2D eigenvalue weighted by molar-refractivity contribution is 6.76. The molecule has 1 nitrogen and oxygen atoms in total. The van der Waals surface area contributed by atoms with Crippen molar-refractivity contribution >= 4 is 8.07 Å². The van der Waals surface area contributed by atoms with Gasteiger partial charge in [0.15, 0.2) is 0 Å². The summed E-state index contributed by atoms with van der Waals surface area (Å²) in [6.45, 7) is 6.54. The van der Waals surface area contributed by atoms with Crippen LogP contribution in [0.5, 0.6) is 0 Å². The molecule has 0 amide bonds. The standard InChI is InChI=1S/C11H18OSi/c1-10-5-4-6-11(7-10)8-13(2,3)9-12/h4-7,12H,8-9H2,1-3H3. The molecule has 13 heavy (non-hydrogen) atoms. The van der Waals surface area contributed by atoms with Crippen LogP contribution in [0.25, 0.3) is 0 Å². The van der Waals surface area contributed by atoms with Crippen LogP contribution in [0.2, 0.25) is 13.1 Å². The van der Waals surface area contributed by atoms with Crippen molar-refractivity contribution in [2.75, 3.05) is 6.23 Å². The van der Waals surface area contributed by atoms with Gasteiger partial charge in [-0.1, -0.05) is 48.5 Å². The van der Waals surface area contributed by atoms with E-state index in [1.54, 1.807) is 0 Å². The summed E-state index contributed by atoms with van der Waals surface area (Å²) in [5.41, 5.74) is 2.67. The van der Waals surface area contributed by atoms with E-state index in [1.807, 2.05) is 0 Å². The van der Waals surface area contributed by atoms with Crippen LogP contribution < -0.4 is 0 Å². The van der Waals surface area contributed by atoms with Crippen molar-refractivity contribution in [3.63, 3.8) is 0 Å². The number of hydrogen-bond donors (Lipinski definition) is 1. The number of aliphatic hydroxyl groups excluding tert-OH is 1. The Morgan fingerprint density at radius 3 is 2.54 bits per heavy atom. The molecule has 0 fully saturated rings. The van der Waals surface area contributed by atoms with Gasteiger partial charge in [-0.2, -0.15) is 0 Å². The largest absolute Gasteiger partial charge is 0.400 e. The second-order valence-corrected chi connectivity index (χ2v) is 9.49. The molecule has 1 aromatic rings. The molecular weight excluding hydrogens is 176 g/mol. The number of aliphatic hydroxyl groups is 1. The van der Waals surface area contributed by atoms with Crippen LogP contribution in [0, 0.1) is 6.92 Å². The Hall–Kier alpha value is -0.603. The molecule has 0 heterocycles. The van der Waals surface area contributed by atoms with Gasteiger partial charge in [0, 0.05) is 6.23 Å². The Kier molecular flexibility index (Phi) is 3.28. The average molecular weight is 194 g/mol. The minimum Gasteiger partial charge on any atom is -0.400 e. The summed E-state index contributed by atoms with van der Waals surface area (Å²) in [5, 5.41) is 9.19. The lowest BCUT2D eigenvalue weighted by Crippen LogP contribution is -2.34. The first kappa shape index (κ1) is 10.5. The number of hydrogen-bond acceptors (Lipinski definition) is 1. The fraction of sp³-hybridized carbons (Fsp3) is 0.455. The zero-order valence-electron chi connectivity index (χ0n) is 8.67. The molecule has 0 aliphatic rings. The molecular formula is C11H18OSi. The van der Waals surface area contributed by atoms with Gasteiger partial charge in [0.05, 0.1) is 8.07 Å². The zero-order chi connectivity index (χ0) is 9.90. The SMILES string of the molecule is Cc1cccc(C[Si](C)(C)CO)c1. The van der Waals surface area contributed by atoms with Crippen LogP contribution in [0.3, 0.4) is 0 Å². The molecule has 0 aliphatic carbocycles. The van der Waals surface area contributed by atoms with Gasteiger partial charge >= 0.3 is 0 Å².